The molecule has 0 bridgehead atoms. The number of carbonyl (C=O) groups is 2. The Hall–Kier alpha value is -3.02. The average molecular weight is 439 g/mol. The summed E-state index contributed by atoms with van der Waals surface area (Å²) in [5, 5.41) is 2.95. The van der Waals surface area contributed by atoms with Crippen LogP contribution in [0.5, 0.6) is 11.5 Å². The summed E-state index contributed by atoms with van der Waals surface area (Å²) in [6.07, 6.45) is 4.24. The monoisotopic (exact) mass is 438 g/mol. The molecule has 1 aliphatic rings. The number of para-hydroxylation sites is 2. The van der Waals surface area contributed by atoms with Crippen LogP contribution in [-0.2, 0) is 4.79 Å². The highest BCUT2D eigenvalue weighted by Gasteiger charge is 2.24. The second kappa shape index (κ2) is 11.6. The first-order valence-electron chi connectivity index (χ1n) is 11.6. The second-order valence-corrected chi connectivity index (χ2v) is 8.25. The van der Waals surface area contributed by atoms with Crippen molar-refractivity contribution >= 4 is 17.5 Å². The van der Waals surface area contributed by atoms with Crippen LogP contribution in [0.1, 0.15) is 61.9 Å². The number of likely N-dealkylation sites (tertiary alicyclic amines) is 1. The van der Waals surface area contributed by atoms with Gasteiger partial charge in [-0.1, -0.05) is 12.1 Å². The molecule has 2 amide bonds. The number of hydrogen-bond acceptors (Lipinski definition) is 4. The van der Waals surface area contributed by atoms with Gasteiger partial charge in [0.05, 0.1) is 13.2 Å². The molecule has 0 aromatic heterocycles. The van der Waals surface area contributed by atoms with E-state index in [9.17, 15) is 9.59 Å². The summed E-state index contributed by atoms with van der Waals surface area (Å²) in [5.41, 5.74) is 2.30. The molecule has 1 atom stereocenters. The first-order chi connectivity index (χ1) is 15.5. The molecule has 6 nitrogen and oxygen atoms in total. The quantitative estimate of drug-likeness (QED) is 0.546. The van der Waals surface area contributed by atoms with Crippen molar-refractivity contribution in [3.8, 4) is 11.5 Å². The third-order valence-electron chi connectivity index (χ3n) is 5.77. The fourth-order valence-corrected chi connectivity index (χ4v) is 3.97. The molecule has 1 saturated heterocycles. The highest BCUT2D eigenvalue weighted by molar-refractivity contribution is 5.96. The average Bonchev–Trinajstić information content (AvgIpc) is 2.79. The van der Waals surface area contributed by atoms with E-state index in [1.807, 2.05) is 55.1 Å². The zero-order chi connectivity index (χ0) is 22.9. The van der Waals surface area contributed by atoms with E-state index >= 15 is 0 Å². The van der Waals surface area contributed by atoms with Crippen LogP contribution < -0.4 is 14.8 Å². The first-order valence-corrected chi connectivity index (χ1v) is 11.6. The molecule has 32 heavy (non-hydrogen) atoms. The van der Waals surface area contributed by atoms with Crippen molar-refractivity contribution in [2.75, 3.05) is 25.1 Å². The Kier molecular flexibility index (Phi) is 8.54. The van der Waals surface area contributed by atoms with Crippen molar-refractivity contribution in [1.82, 2.24) is 4.90 Å². The van der Waals surface area contributed by atoms with Crippen LogP contribution in [0.15, 0.2) is 42.5 Å². The maximum atomic E-state index is 12.9. The second-order valence-electron chi connectivity index (χ2n) is 8.25. The molecule has 172 valence electrons. The number of ether oxygens (including phenoxy) is 2. The van der Waals surface area contributed by atoms with Gasteiger partial charge in [0.15, 0.2) is 11.5 Å². The van der Waals surface area contributed by atoms with Gasteiger partial charge >= 0.3 is 0 Å². The molecular weight excluding hydrogens is 404 g/mol. The summed E-state index contributed by atoms with van der Waals surface area (Å²) < 4.78 is 11.3. The summed E-state index contributed by atoms with van der Waals surface area (Å²) in [6, 6.07) is 13.3. The lowest BCUT2D eigenvalue weighted by atomic mass is 10.0. The van der Waals surface area contributed by atoms with E-state index < -0.39 is 0 Å². The lowest BCUT2D eigenvalue weighted by molar-refractivity contribution is -0.116. The minimum absolute atomic E-state index is 0.0708. The zero-order valence-corrected chi connectivity index (χ0v) is 19.4. The van der Waals surface area contributed by atoms with E-state index in [1.54, 1.807) is 6.07 Å². The van der Waals surface area contributed by atoms with Gasteiger partial charge in [-0.2, -0.15) is 0 Å². The number of rotatable bonds is 9. The predicted octanol–water partition coefficient (Wildman–Crippen LogP) is 5.21. The van der Waals surface area contributed by atoms with Gasteiger partial charge in [-0.05, 0) is 82.3 Å². The molecule has 1 aliphatic heterocycles. The van der Waals surface area contributed by atoms with Crippen molar-refractivity contribution < 1.29 is 19.1 Å². The molecule has 2 aromatic carbocycles. The summed E-state index contributed by atoms with van der Waals surface area (Å²) >= 11 is 0. The van der Waals surface area contributed by atoms with Crippen molar-refractivity contribution in [2.24, 2.45) is 0 Å². The molecule has 1 N–H and O–H groups in total. The third-order valence-corrected chi connectivity index (χ3v) is 5.77. The molecule has 2 aromatic rings. The number of benzene rings is 2. The van der Waals surface area contributed by atoms with Crippen LogP contribution in [0.25, 0.3) is 0 Å². The van der Waals surface area contributed by atoms with E-state index in [4.69, 9.17) is 9.47 Å². The van der Waals surface area contributed by atoms with Crippen molar-refractivity contribution in [3.05, 3.63) is 53.6 Å². The highest BCUT2D eigenvalue weighted by Crippen LogP contribution is 2.26. The molecule has 0 radical (unpaired) electrons. The summed E-state index contributed by atoms with van der Waals surface area (Å²) in [4.78, 5) is 27.2. The molecule has 1 unspecified atom stereocenters. The number of anilines is 1. The summed E-state index contributed by atoms with van der Waals surface area (Å²) in [7, 11) is 0. The maximum Gasteiger partial charge on any atom is 0.254 e. The molecule has 0 saturated carbocycles. The molecule has 1 fully saturated rings. The van der Waals surface area contributed by atoms with E-state index in [1.165, 1.54) is 6.42 Å². The van der Waals surface area contributed by atoms with E-state index in [2.05, 4.69) is 12.2 Å². The maximum absolute atomic E-state index is 12.9. The predicted molar refractivity (Wildman–Crippen MR) is 126 cm³/mol. The van der Waals surface area contributed by atoms with Gasteiger partial charge < -0.3 is 19.7 Å². The number of hydrogen-bond donors (Lipinski definition) is 1. The standard InChI is InChI=1S/C26H34N2O4/c1-4-31-23-11-5-6-12-24(23)32-17-9-13-25(29)27-22-15-14-21(18-19(22)2)26(30)28-16-8-7-10-20(28)3/h5-6,11-12,14-15,18,20H,4,7-10,13,16-17H2,1-3H3,(H,27,29). The van der Waals surface area contributed by atoms with Crippen LogP contribution >= 0.6 is 0 Å². The Bertz CT molecular complexity index is 928. The number of aryl methyl sites for hydroxylation is 1. The Morgan fingerprint density at radius 2 is 1.84 bits per heavy atom. The molecule has 0 spiro atoms. The molecule has 1 heterocycles. The Morgan fingerprint density at radius 1 is 1.09 bits per heavy atom. The molecule has 3 rings (SSSR count). The summed E-state index contributed by atoms with van der Waals surface area (Å²) in [6.45, 7) is 7.77. The topological polar surface area (TPSA) is 67.9 Å². The number of nitrogens with one attached hydrogen (secondary N) is 1. The Labute approximate surface area is 190 Å². The van der Waals surface area contributed by atoms with Gasteiger partial charge in [0, 0.05) is 30.3 Å². The van der Waals surface area contributed by atoms with Gasteiger partial charge in [0.1, 0.15) is 0 Å². The zero-order valence-electron chi connectivity index (χ0n) is 19.4. The highest BCUT2D eigenvalue weighted by atomic mass is 16.5. The van der Waals surface area contributed by atoms with E-state index in [-0.39, 0.29) is 17.9 Å². The van der Waals surface area contributed by atoms with Gasteiger partial charge in [-0.15, -0.1) is 0 Å². The van der Waals surface area contributed by atoms with Crippen molar-refractivity contribution in [2.45, 2.75) is 58.9 Å². The summed E-state index contributed by atoms with van der Waals surface area (Å²) in [5.74, 6) is 1.40. The van der Waals surface area contributed by atoms with Crippen molar-refractivity contribution in [3.63, 3.8) is 0 Å². The minimum atomic E-state index is -0.0708. The number of nitrogens with zero attached hydrogens (tertiary/aromatic N) is 1. The van der Waals surface area contributed by atoms with Gasteiger partial charge in [0.25, 0.3) is 5.91 Å². The number of piperidine rings is 1. The van der Waals surface area contributed by atoms with Gasteiger partial charge in [0.2, 0.25) is 5.91 Å². The number of carbonyl (C=O) groups excluding carboxylic acids is 2. The lowest BCUT2D eigenvalue weighted by Gasteiger charge is -2.33. The third kappa shape index (κ3) is 6.25. The normalized spacial score (nSPS) is 15.8. The van der Waals surface area contributed by atoms with Crippen LogP contribution in [0.2, 0.25) is 0 Å². The lowest BCUT2D eigenvalue weighted by Crippen LogP contribution is -2.42. The van der Waals surface area contributed by atoms with Crippen molar-refractivity contribution in [1.29, 1.82) is 0 Å². The van der Waals surface area contributed by atoms with Crippen LogP contribution in [-0.4, -0.2) is 42.5 Å². The van der Waals surface area contributed by atoms with Gasteiger partial charge in [-0.3, -0.25) is 9.59 Å². The molecule has 0 aliphatic carbocycles. The fraction of sp³-hybridized carbons (Fsp3) is 0.462. The van der Waals surface area contributed by atoms with E-state index in [0.29, 0.717) is 43.1 Å². The van der Waals surface area contributed by atoms with Gasteiger partial charge in [-0.25, -0.2) is 0 Å². The van der Waals surface area contributed by atoms with Crippen LogP contribution in [0, 0.1) is 6.92 Å². The van der Waals surface area contributed by atoms with Crippen LogP contribution in [0.3, 0.4) is 0 Å². The Balaban J connectivity index is 1.48. The smallest absolute Gasteiger partial charge is 0.254 e. The largest absolute Gasteiger partial charge is 0.490 e. The molecule has 6 heteroatoms. The van der Waals surface area contributed by atoms with E-state index in [0.717, 1.165) is 30.6 Å². The SMILES string of the molecule is CCOc1ccccc1OCCCC(=O)Nc1ccc(C(=O)N2CCCCC2C)cc1C. The first kappa shape index (κ1) is 23.6. The minimum Gasteiger partial charge on any atom is -0.490 e. The molecular formula is C26H34N2O4. The Morgan fingerprint density at radius 3 is 2.53 bits per heavy atom. The van der Waals surface area contributed by atoms with Crippen LogP contribution in [0.4, 0.5) is 5.69 Å². The fourth-order valence-electron chi connectivity index (χ4n) is 3.97. The number of amides is 2.